The molecular formula is C26H29N3O3Si. The second-order valence-electron chi connectivity index (χ2n) is 8.69. The van der Waals surface area contributed by atoms with Crippen molar-refractivity contribution < 1.29 is 14.3 Å². The van der Waals surface area contributed by atoms with Crippen LogP contribution >= 0.6 is 0 Å². The van der Waals surface area contributed by atoms with Crippen molar-refractivity contribution in [3.8, 4) is 11.8 Å². The molecule has 170 valence electrons. The van der Waals surface area contributed by atoms with Crippen molar-refractivity contribution in [1.29, 1.82) is 0 Å². The van der Waals surface area contributed by atoms with E-state index >= 15 is 0 Å². The highest BCUT2D eigenvalue weighted by atomic mass is 28.4. The molecule has 0 saturated heterocycles. The predicted molar refractivity (Wildman–Crippen MR) is 134 cm³/mol. The van der Waals surface area contributed by atoms with E-state index in [1.807, 2.05) is 36.4 Å². The van der Waals surface area contributed by atoms with Crippen molar-refractivity contribution in [1.82, 2.24) is 10.3 Å². The zero-order valence-electron chi connectivity index (χ0n) is 19.1. The molecule has 0 saturated carbocycles. The first kappa shape index (κ1) is 24.0. The first-order valence-corrected chi connectivity index (χ1v) is 12.6. The van der Waals surface area contributed by atoms with Gasteiger partial charge in [-0.3, -0.25) is 0 Å². The van der Waals surface area contributed by atoms with Crippen molar-refractivity contribution in [2.75, 3.05) is 12.3 Å². The Labute approximate surface area is 196 Å². The number of amides is 1. The van der Waals surface area contributed by atoms with Crippen LogP contribution < -0.4 is 21.4 Å². The minimum absolute atomic E-state index is 0.0827. The maximum Gasteiger partial charge on any atom is 0.405 e. The zero-order valence-corrected chi connectivity index (χ0v) is 20.1. The van der Waals surface area contributed by atoms with E-state index in [1.54, 1.807) is 18.3 Å². The fraction of sp³-hybridized carbons (Fsp3) is 0.231. The molecule has 7 heteroatoms. The molecule has 3 aromatic rings. The van der Waals surface area contributed by atoms with Crippen LogP contribution in [0.3, 0.4) is 0 Å². The number of aromatic nitrogens is 1. The lowest BCUT2D eigenvalue weighted by molar-refractivity contribution is 0.185. The molecular weight excluding hydrogens is 430 g/mol. The van der Waals surface area contributed by atoms with Gasteiger partial charge in [-0.05, 0) is 33.5 Å². The standard InChI is InChI=1S/C26H29N3O3Si/c1-26(2,3)33(21-11-6-4-7-12-21,22-13-8-5-9-14-22)32-19-20(29-25(30)31)16-17-24-23(27)15-10-18-28-24/h4-15,18,20,29H,19,27H2,1-3H3,(H,30,31)/t20-/m0/s1. The van der Waals surface area contributed by atoms with E-state index in [4.69, 9.17) is 10.2 Å². The molecule has 3 rings (SSSR count). The molecule has 0 unspecified atom stereocenters. The largest absolute Gasteiger partial charge is 0.465 e. The number of benzene rings is 2. The summed E-state index contributed by atoms with van der Waals surface area (Å²) in [6.07, 6.45) is 0.424. The highest BCUT2D eigenvalue weighted by Crippen LogP contribution is 2.36. The summed E-state index contributed by atoms with van der Waals surface area (Å²) in [7, 11) is -2.82. The van der Waals surface area contributed by atoms with Gasteiger partial charge in [-0.1, -0.05) is 87.4 Å². The van der Waals surface area contributed by atoms with Crippen LogP contribution in [0.25, 0.3) is 0 Å². The van der Waals surface area contributed by atoms with Crippen molar-refractivity contribution >= 4 is 30.5 Å². The van der Waals surface area contributed by atoms with Crippen LogP contribution in [0, 0.1) is 11.8 Å². The Hall–Kier alpha value is -3.60. The van der Waals surface area contributed by atoms with Gasteiger partial charge >= 0.3 is 6.09 Å². The van der Waals surface area contributed by atoms with Gasteiger partial charge in [0.25, 0.3) is 8.32 Å². The topological polar surface area (TPSA) is 97.5 Å². The first-order chi connectivity index (χ1) is 15.7. The van der Waals surface area contributed by atoms with Gasteiger partial charge in [0.2, 0.25) is 0 Å². The fourth-order valence-electron chi connectivity index (χ4n) is 3.92. The van der Waals surface area contributed by atoms with E-state index in [1.165, 1.54) is 0 Å². The monoisotopic (exact) mass is 459 g/mol. The first-order valence-electron chi connectivity index (χ1n) is 10.7. The molecule has 4 N–H and O–H groups in total. The van der Waals surface area contributed by atoms with Gasteiger partial charge in [0.1, 0.15) is 11.7 Å². The number of hydrogen-bond acceptors (Lipinski definition) is 4. The molecule has 0 spiro atoms. The lowest BCUT2D eigenvalue weighted by Gasteiger charge is -2.43. The van der Waals surface area contributed by atoms with Gasteiger partial charge in [0, 0.05) is 6.20 Å². The SMILES string of the molecule is CC(C)(C)[Si](OC[C@H](C#Cc1ncccc1N)NC(=O)O)(c1ccccc1)c1ccccc1. The van der Waals surface area contributed by atoms with Gasteiger partial charge in [0.15, 0.2) is 0 Å². The average molecular weight is 460 g/mol. The molecule has 1 aromatic heterocycles. The molecule has 0 fully saturated rings. The second-order valence-corrected chi connectivity index (χ2v) is 13.0. The van der Waals surface area contributed by atoms with Crippen molar-refractivity contribution in [2.24, 2.45) is 0 Å². The van der Waals surface area contributed by atoms with E-state index in [2.05, 4.69) is 67.2 Å². The van der Waals surface area contributed by atoms with Crippen molar-refractivity contribution in [3.63, 3.8) is 0 Å². The van der Waals surface area contributed by atoms with Crippen LogP contribution in [-0.4, -0.2) is 37.1 Å². The lowest BCUT2D eigenvalue weighted by atomic mass is 10.2. The smallest absolute Gasteiger partial charge is 0.405 e. The van der Waals surface area contributed by atoms with Crippen molar-refractivity contribution in [2.45, 2.75) is 31.9 Å². The Kier molecular flexibility index (Phi) is 7.54. The Morgan fingerprint density at radius 3 is 2.12 bits per heavy atom. The van der Waals surface area contributed by atoms with Gasteiger partial charge in [-0.15, -0.1) is 0 Å². The summed E-state index contributed by atoms with van der Waals surface area (Å²) in [5.74, 6) is 5.84. The van der Waals surface area contributed by atoms with Gasteiger partial charge in [-0.25, -0.2) is 9.78 Å². The number of nitrogens with two attached hydrogens (primary N) is 1. The second kappa shape index (κ2) is 10.3. The maximum absolute atomic E-state index is 11.5. The summed E-state index contributed by atoms with van der Waals surface area (Å²) in [4.78, 5) is 15.7. The molecule has 1 amide bonds. The number of nitrogens with one attached hydrogen (secondary N) is 1. The molecule has 0 aliphatic rings. The quantitative estimate of drug-likeness (QED) is 0.388. The van der Waals surface area contributed by atoms with Gasteiger partial charge in [-0.2, -0.15) is 0 Å². The Morgan fingerprint density at radius 1 is 1.06 bits per heavy atom. The molecule has 0 aliphatic carbocycles. The molecule has 33 heavy (non-hydrogen) atoms. The van der Waals surface area contributed by atoms with Gasteiger partial charge in [0.05, 0.1) is 12.3 Å². The Morgan fingerprint density at radius 2 is 1.64 bits per heavy atom. The van der Waals surface area contributed by atoms with Crippen LogP contribution in [0.4, 0.5) is 10.5 Å². The van der Waals surface area contributed by atoms with Crippen LogP contribution in [0.15, 0.2) is 79.0 Å². The minimum atomic E-state index is -2.82. The maximum atomic E-state index is 11.5. The van der Waals surface area contributed by atoms with Crippen LogP contribution in [0.2, 0.25) is 5.04 Å². The average Bonchev–Trinajstić information content (AvgIpc) is 2.79. The summed E-state index contributed by atoms with van der Waals surface area (Å²) >= 11 is 0. The molecule has 1 atom stereocenters. The van der Waals surface area contributed by atoms with Gasteiger partial charge < -0.3 is 20.6 Å². The summed E-state index contributed by atoms with van der Waals surface area (Å²) in [5, 5.41) is 13.9. The van der Waals surface area contributed by atoms with E-state index < -0.39 is 20.5 Å². The third-order valence-electron chi connectivity index (χ3n) is 5.38. The van der Waals surface area contributed by atoms with Crippen LogP contribution in [-0.2, 0) is 4.43 Å². The van der Waals surface area contributed by atoms with E-state index in [0.717, 1.165) is 10.4 Å². The summed E-state index contributed by atoms with van der Waals surface area (Å²) in [6.45, 7) is 6.58. The lowest BCUT2D eigenvalue weighted by Crippen LogP contribution is -2.67. The number of carboxylic acid groups (broad SMARTS) is 1. The van der Waals surface area contributed by atoms with E-state index in [0.29, 0.717) is 11.4 Å². The molecule has 6 nitrogen and oxygen atoms in total. The van der Waals surface area contributed by atoms with Crippen molar-refractivity contribution in [3.05, 3.63) is 84.7 Å². The highest BCUT2D eigenvalue weighted by Gasteiger charge is 2.50. The normalized spacial score (nSPS) is 12.3. The molecule has 0 aliphatic heterocycles. The summed E-state index contributed by atoms with van der Waals surface area (Å²) < 4.78 is 6.81. The zero-order chi connectivity index (χ0) is 23.9. The van der Waals surface area contributed by atoms with Crippen LogP contribution in [0.5, 0.6) is 0 Å². The molecule has 0 bridgehead atoms. The number of pyridine rings is 1. The number of anilines is 1. The number of hydrogen-bond donors (Lipinski definition) is 3. The molecule has 1 heterocycles. The number of rotatable bonds is 6. The van der Waals surface area contributed by atoms with E-state index in [-0.39, 0.29) is 11.6 Å². The van der Waals surface area contributed by atoms with E-state index in [9.17, 15) is 9.90 Å². The summed E-state index contributed by atoms with van der Waals surface area (Å²) in [5.41, 5.74) is 6.77. The number of nitrogen functional groups attached to an aromatic ring is 1. The third-order valence-corrected chi connectivity index (χ3v) is 10.4. The third kappa shape index (κ3) is 5.61. The highest BCUT2D eigenvalue weighted by molar-refractivity contribution is 6.99. The fourth-order valence-corrected chi connectivity index (χ4v) is 8.49. The number of carbonyl (C=O) groups is 1. The molecule has 2 aromatic carbocycles. The number of nitrogens with zero attached hydrogens (tertiary/aromatic N) is 1. The van der Waals surface area contributed by atoms with Crippen LogP contribution in [0.1, 0.15) is 26.5 Å². The Bertz CT molecular complexity index is 1100. The minimum Gasteiger partial charge on any atom is -0.465 e. The Balaban J connectivity index is 2.03. The molecule has 0 radical (unpaired) electrons. The summed E-state index contributed by atoms with van der Waals surface area (Å²) in [6, 6.07) is 23.0. The predicted octanol–water partition coefficient (Wildman–Crippen LogP) is 3.23.